The van der Waals surface area contributed by atoms with Crippen LogP contribution >= 0.6 is 12.4 Å². The number of nitrogens with one attached hydrogen (secondary N) is 1. The Hall–Kier alpha value is -3.81. The van der Waals surface area contributed by atoms with Crippen molar-refractivity contribution in [1.29, 1.82) is 0 Å². The fourth-order valence-electron chi connectivity index (χ4n) is 6.12. The molecule has 0 aliphatic carbocycles. The van der Waals surface area contributed by atoms with Crippen LogP contribution in [-0.4, -0.2) is 54.7 Å². The van der Waals surface area contributed by atoms with E-state index in [-0.39, 0.29) is 23.9 Å². The molecule has 1 amide bonds. The molecule has 0 atom stereocenters. The highest BCUT2D eigenvalue weighted by molar-refractivity contribution is 6.05. The van der Waals surface area contributed by atoms with Crippen molar-refractivity contribution in [3.8, 4) is 11.4 Å². The van der Waals surface area contributed by atoms with Gasteiger partial charge in [0.1, 0.15) is 12.4 Å². The van der Waals surface area contributed by atoms with Gasteiger partial charge in [-0.05, 0) is 105 Å². The van der Waals surface area contributed by atoms with Crippen molar-refractivity contribution in [2.45, 2.75) is 45.4 Å². The second kappa shape index (κ2) is 14.1. The molecule has 0 spiro atoms. The number of fused-ring (bicyclic) bond motifs is 1. The van der Waals surface area contributed by atoms with Crippen molar-refractivity contribution in [1.82, 2.24) is 9.47 Å². The largest absolute Gasteiger partial charge is 0.492 e. The van der Waals surface area contributed by atoms with Crippen LogP contribution in [0.3, 0.4) is 0 Å². The van der Waals surface area contributed by atoms with E-state index >= 15 is 0 Å². The number of amides is 1. The lowest BCUT2D eigenvalue weighted by molar-refractivity contribution is 0.102. The van der Waals surface area contributed by atoms with Crippen LogP contribution in [0.25, 0.3) is 16.5 Å². The zero-order valence-electron chi connectivity index (χ0n) is 24.9. The third-order valence-corrected chi connectivity index (χ3v) is 8.56. The minimum atomic E-state index is -0.164. The molecule has 0 radical (unpaired) electrons. The maximum atomic E-state index is 13.7. The van der Waals surface area contributed by atoms with Crippen LogP contribution in [0.4, 0.5) is 11.4 Å². The summed E-state index contributed by atoms with van der Waals surface area (Å²) in [6.45, 7) is 7.80. The summed E-state index contributed by atoms with van der Waals surface area (Å²) in [4.78, 5) is 31.8. The first-order chi connectivity index (χ1) is 20.5. The lowest BCUT2D eigenvalue weighted by Gasteiger charge is -2.23. The van der Waals surface area contributed by atoms with Gasteiger partial charge in [-0.1, -0.05) is 31.0 Å². The SMILES string of the molecule is Cc1ccc(NC(=O)c2cccc(N3CCCCCC3)c2)cc1-n1ccc2ccc(OCCN3CCCC3)cc2c1=O.Cl. The number of likely N-dealkylation sites (tertiary alicyclic amines) is 1. The molecule has 6 rings (SSSR count). The number of aryl methyl sites for hydroxylation is 1. The molecule has 0 saturated carbocycles. The van der Waals surface area contributed by atoms with E-state index in [4.69, 9.17) is 4.74 Å². The van der Waals surface area contributed by atoms with Gasteiger partial charge < -0.3 is 15.0 Å². The van der Waals surface area contributed by atoms with Gasteiger partial charge in [-0.3, -0.25) is 19.1 Å². The molecule has 7 nitrogen and oxygen atoms in total. The number of pyridine rings is 1. The molecule has 2 saturated heterocycles. The number of hydrogen-bond acceptors (Lipinski definition) is 5. The first-order valence-corrected chi connectivity index (χ1v) is 15.3. The molecular formula is C35H41ClN4O3. The number of rotatable bonds is 8. The summed E-state index contributed by atoms with van der Waals surface area (Å²) in [6.07, 6.45) is 9.21. The van der Waals surface area contributed by atoms with Crippen LogP contribution in [0.5, 0.6) is 5.75 Å². The van der Waals surface area contributed by atoms with Gasteiger partial charge in [0.15, 0.2) is 0 Å². The number of anilines is 2. The molecular weight excluding hydrogens is 560 g/mol. The number of nitrogens with zero attached hydrogens (tertiary/aromatic N) is 3. The normalized spacial score (nSPS) is 15.6. The number of carbonyl (C=O) groups excluding carboxylic acids is 1. The molecule has 1 aromatic heterocycles. The molecule has 3 aromatic carbocycles. The fourth-order valence-corrected chi connectivity index (χ4v) is 6.12. The lowest BCUT2D eigenvalue weighted by Crippen LogP contribution is -2.25. The molecule has 0 unspecified atom stereocenters. The van der Waals surface area contributed by atoms with Crippen LogP contribution in [0, 0.1) is 6.92 Å². The molecule has 2 aliphatic heterocycles. The van der Waals surface area contributed by atoms with Crippen LogP contribution < -0.4 is 20.5 Å². The smallest absolute Gasteiger partial charge is 0.263 e. The van der Waals surface area contributed by atoms with Gasteiger partial charge in [0.05, 0.1) is 11.1 Å². The summed E-state index contributed by atoms with van der Waals surface area (Å²) >= 11 is 0. The second-order valence-corrected chi connectivity index (χ2v) is 11.5. The zero-order valence-corrected chi connectivity index (χ0v) is 25.7. The minimum Gasteiger partial charge on any atom is -0.492 e. The van der Waals surface area contributed by atoms with Gasteiger partial charge in [-0.15, -0.1) is 12.4 Å². The summed E-state index contributed by atoms with van der Waals surface area (Å²) in [5.41, 5.74) is 3.92. The summed E-state index contributed by atoms with van der Waals surface area (Å²) < 4.78 is 7.67. The molecule has 3 heterocycles. The first kappa shape index (κ1) is 30.6. The van der Waals surface area contributed by atoms with E-state index in [1.165, 1.54) is 38.5 Å². The minimum absolute atomic E-state index is 0. The summed E-state index contributed by atoms with van der Waals surface area (Å²) in [5, 5.41) is 4.53. The Morgan fingerprint density at radius 1 is 0.860 bits per heavy atom. The number of aromatic nitrogens is 1. The van der Waals surface area contributed by atoms with Crippen molar-refractivity contribution >= 4 is 40.5 Å². The fraction of sp³-hybridized carbons (Fsp3) is 0.371. The highest BCUT2D eigenvalue weighted by atomic mass is 35.5. The molecule has 226 valence electrons. The average Bonchev–Trinajstić information content (AvgIpc) is 3.38. The van der Waals surface area contributed by atoms with Gasteiger partial charge >= 0.3 is 0 Å². The number of ether oxygens (including phenoxy) is 1. The quantitative estimate of drug-likeness (QED) is 0.240. The standard InChI is InChI=1S/C35H40N4O3.ClH/c1-26-11-13-29(36-34(40)28-9-8-10-30(23-28)38-18-4-2-3-5-19-38)24-33(26)39-20-15-27-12-14-31(25-32(27)35(39)41)42-22-21-37-16-6-7-17-37;/h8-15,20,23-25H,2-7,16-19,21-22H2,1H3,(H,36,40);1H. The van der Waals surface area contributed by atoms with E-state index < -0.39 is 0 Å². The molecule has 1 N–H and O–H groups in total. The summed E-state index contributed by atoms with van der Waals surface area (Å²) in [7, 11) is 0. The Balaban J connectivity index is 0.00000368. The third-order valence-electron chi connectivity index (χ3n) is 8.56. The predicted octanol–water partition coefficient (Wildman–Crippen LogP) is 6.83. The Kier molecular flexibility index (Phi) is 10.1. The highest BCUT2D eigenvalue weighted by Gasteiger charge is 2.15. The van der Waals surface area contributed by atoms with Crippen LogP contribution in [-0.2, 0) is 0 Å². The van der Waals surface area contributed by atoms with Crippen molar-refractivity contribution in [2.75, 3.05) is 49.5 Å². The Morgan fingerprint density at radius 3 is 2.42 bits per heavy atom. The number of halogens is 1. The Labute approximate surface area is 259 Å². The van der Waals surface area contributed by atoms with Crippen molar-refractivity contribution in [3.05, 3.63) is 94.4 Å². The number of benzene rings is 3. The monoisotopic (exact) mass is 600 g/mol. The van der Waals surface area contributed by atoms with Crippen molar-refractivity contribution < 1.29 is 9.53 Å². The second-order valence-electron chi connectivity index (χ2n) is 11.5. The molecule has 2 fully saturated rings. The Bertz CT molecular complexity index is 1620. The van der Waals surface area contributed by atoms with E-state index in [1.807, 2.05) is 67.6 Å². The van der Waals surface area contributed by atoms with E-state index in [1.54, 1.807) is 10.8 Å². The molecule has 8 heteroatoms. The maximum Gasteiger partial charge on any atom is 0.263 e. The van der Waals surface area contributed by atoms with Crippen LogP contribution in [0.15, 0.2) is 77.7 Å². The van der Waals surface area contributed by atoms with Gasteiger partial charge in [-0.2, -0.15) is 0 Å². The maximum absolute atomic E-state index is 13.7. The summed E-state index contributed by atoms with van der Waals surface area (Å²) in [6, 6.07) is 21.2. The molecule has 4 aromatic rings. The van der Waals surface area contributed by atoms with Gasteiger partial charge in [0, 0.05) is 42.8 Å². The average molecular weight is 601 g/mol. The van der Waals surface area contributed by atoms with Gasteiger partial charge in [0.25, 0.3) is 11.5 Å². The van der Waals surface area contributed by atoms with E-state index in [0.717, 1.165) is 55.0 Å². The van der Waals surface area contributed by atoms with Crippen molar-refractivity contribution in [3.63, 3.8) is 0 Å². The van der Waals surface area contributed by atoms with E-state index in [0.29, 0.717) is 29.0 Å². The zero-order chi connectivity index (χ0) is 28.9. The molecule has 43 heavy (non-hydrogen) atoms. The first-order valence-electron chi connectivity index (χ1n) is 15.3. The molecule has 2 aliphatic rings. The lowest BCUT2D eigenvalue weighted by atomic mass is 10.1. The van der Waals surface area contributed by atoms with Crippen LogP contribution in [0.1, 0.15) is 54.4 Å². The molecule has 0 bridgehead atoms. The van der Waals surface area contributed by atoms with Gasteiger partial charge in [0.2, 0.25) is 0 Å². The highest BCUT2D eigenvalue weighted by Crippen LogP contribution is 2.24. The van der Waals surface area contributed by atoms with E-state index in [9.17, 15) is 9.59 Å². The third kappa shape index (κ3) is 7.23. The Morgan fingerprint density at radius 2 is 1.63 bits per heavy atom. The van der Waals surface area contributed by atoms with Crippen LogP contribution in [0.2, 0.25) is 0 Å². The summed E-state index contributed by atoms with van der Waals surface area (Å²) in [5.74, 6) is 0.541. The number of hydrogen-bond donors (Lipinski definition) is 1. The van der Waals surface area contributed by atoms with Gasteiger partial charge in [-0.25, -0.2) is 0 Å². The topological polar surface area (TPSA) is 66.8 Å². The van der Waals surface area contributed by atoms with Crippen molar-refractivity contribution in [2.24, 2.45) is 0 Å². The van der Waals surface area contributed by atoms with E-state index in [2.05, 4.69) is 21.2 Å². The number of carbonyl (C=O) groups is 1. The predicted molar refractivity (Wildman–Crippen MR) is 178 cm³/mol.